The first-order valence-corrected chi connectivity index (χ1v) is 7.23. The predicted octanol–water partition coefficient (Wildman–Crippen LogP) is 0.408. The van der Waals surface area contributed by atoms with E-state index in [9.17, 15) is 8.42 Å². The molecular weight excluding hydrogens is 274 g/mol. The van der Waals surface area contributed by atoms with Gasteiger partial charge in [0.25, 0.3) is 0 Å². The summed E-state index contributed by atoms with van der Waals surface area (Å²) in [6, 6.07) is 4.75. The summed E-state index contributed by atoms with van der Waals surface area (Å²) < 4.78 is 26.7. The largest absolute Gasteiger partial charge is 0.356 e. The molecule has 0 spiro atoms. The molecule has 1 aromatic heterocycles. The highest BCUT2D eigenvalue weighted by Crippen LogP contribution is 2.28. The number of hydrogen-bond donors (Lipinski definition) is 2. The van der Waals surface area contributed by atoms with Gasteiger partial charge in [-0.3, -0.25) is 4.98 Å². The van der Waals surface area contributed by atoms with E-state index in [0.717, 1.165) is 0 Å². The molecule has 7 heteroatoms. The Morgan fingerprint density at radius 3 is 2.78 bits per heavy atom. The van der Waals surface area contributed by atoms with Crippen LogP contribution >= 0.6 is 11.6 Å². The van der Waals surface area contributed by atoms with Crippen molar-refractivity contribution in [3.63, 3.8) is 0 Å². The molecule has 1 aromatic carbocycles. The first kappa shape index (κ1) is 13.2. The Kier molecular flexibility index (Phi) is 3.82. The fourth-order valence-corrected chi connectivity index (χ4v) is 3.14. The lowest BCUT2D eigenvalue weighted by molar-refractivity contribution is -0.364. The molecular formula is C11H13ClN3O2S+. The Morgan fingerprint density at radius 1 is 1.28 bits per heavy atom. The van der Waals surface area contributed by atoms with Crippen molar-refractivity contribution in [2.45, 2.75) is 4.90 Å². The molecule has 0 saturated heterocycles. The number of nitrogens with one attached hydrogen (secondary N) is 1. The van der Waals surface area contributed by atoms with E-state index in [1.165, 1.54) is 12.3 Å². The third-order valence-corrected chi connectivity index (χ3v) is 4.33. The van der Waals surface area contributed by atoms with Gasteiger partial charge in [-0.25, -0.2) is 13.1 Å². The number of quaternary nitrogens is 1. The third kappa shape index (κ3) is 2.46. The van der Waals surface area contributed by atoms with Crippen molar-refractivity contribution >= 4 is 32.4 Å². The van der Waals surface area contributed by atoms with E-state index in [-0.39, 0.29) is 4.90 Å². The maximum atomic E-state index is 12.1. The molecule has 2 rings (SSSR count). The molecule has 0 aliphatic heterocycles. The van der Waals surface area contributed by atoms with Crippen LogP contribution in [0.15, 0.2) is 35.5 Å². The number of rotatable bonds is 4. The van der Waals surface area contributed by atoms with Crippen LogP contribution in [0.2, 0.25) is 5.02 Å². The van der Waals surface area contributed by atoms with Crippen molar-refractivity contribution in [1.29, 1.82) is 0 Å². The monoisotopic (exact) mass is 286 g/mol. The second kappa shape index (κ2) is 5.19. The number of fused-ring (bicyclic) bond motifs is 1. The van der Waals surface area contributed by atoms with Gasteiger partial charge in [0.15, 0.2) is 0 Å². The fourth-order valence-electron chi connectivity index (χ4n) is 1.65. The maximum absolute atomic E-state index is 12.1. The minimum Gasteiger partial charge on any atom is -0.356 e. The Labute approximate surface area is 110 Å². The molecule has 0 amide bonds. The lowest BCUT2D eigenvalue weighted by Crippen LogP contribution is -2.54. The summed E-state index contributed by atoms with van der Waals surface area (Å²) in [5, 5.41) is 1.69. The van der Waals surface area contributed by atoms with Crippen LogP contribution in [0.3, 0.4) is 0 Å². The summed E-state index contributed by atoms with van der Waals surface area (Å²) >= 11 is 6.03. The quantitative estimate of drug-likeness (QED) is 0.853. The van der Waals surface area contributed by atoms with E-state index < -0.39 is 10.0 Å². The van der Waals surface area contributed by atoms with E-state index in [2.05, 4.69) is 15.4 Å². The van der Waals surface area contributed by atoms with E-state index in [0.29, 0.717) is 28.9 Å². The van der Waals surface area contributed by atoms with Gasteiger partial charge in [-0.15, -0.1) is 0 Å². The van der Waals surface area contributed by atoms with Crippen LogP contribution in [0.1, 0.15) is 0 Å². The van der Waals surface area contributed by atoms with Crippen molar-refractivity contribution in [3.8, 4) is 0 Å². The summed E-state index contributed by atoms with van der Waals surface area (Å²) in [4.78, 5) is 4.13. The van der Waals surface area contributed by atoms with Gasteiger partial charge in [-0.1, -0.05) is 11.6 Å². The average Bonchev–Trinajstić information content (AvgIpc) is 2.37. The third-order valence-electron chi connectivity index (χ3n) is 2.48. The molecule has 1 heterocycles. The van der Waals surface area contributed by atoms with Gasteiger partial charge in [0.1, 0.15) is 0 Å². The van der Waals surface area contributed by atoms with Gasteiger partial charge >= 0.3 is 0 Å². The lowest BCUT2D eigenvalue weighted by Gasteiger charge is -2.09. The first-order valence-electron chi connectivity index (χ1n) is 5.37. The number of pyridine rings is 1. The summed E-state index contributed by atoms with van der Waals surface area (Å²) in [5.41, 5.74) is 3.60. The average molecular weight is 287 g/mol. The lowest BCUT2D eigenvalue weighted by atomic mass is 10.2. The summed E-state index contributed by atoms with van der Waals surface area (Å²) in [5.74, 6) is 0. The van der Waals surface area contributed by atoms with Crippen molar-refractivity contribution < 1.29 is 14.2 Å². The zero-order valence-corrected chi connectivity index (χ0v) is 11.1. The normalized spacial score (nSPS) is 11.9. The number of aromatic nitrogens is 1. The molecule has 0 saturated carbocycles. The van der Waals surface area contributed by atoms with Crippen molar-refractivity contribution in [1.82, 2.24) is 9.71 Å². The number of sulfonamides is 1. The molecule has 0 atom stereocenters. The molecule has 2 aromatic rings. The molecule has 0 aliphatic rings. The Hall–Kier alpha value is -1.21. The van der Waals surface area contributed by atoms with Crippen LogP contribution in [0.5, 0.6) is 0 Å². The molecule has 0 fully saturated rings. The SMILES string of the molecule is [NH3+]CCNS(=O)(=O)c1ccc(Cl)c2ccncc12. The van der Waals surface area contributed by atoms with Crippen LogP contribution in [0.25, 0.3) is 10.8 Å². The van der Waals surface area contributed by atoms with Crippen LogP contribution < -0.4 is 10.5 Å². The fraction of sp³-hybridized carbons (Fsp3) is 0.182. The summed E-state index contributed by atoms with van der Waals surface area (Å²) in [6.45, 7) is 0.787. The highest BCUT2D eigenvalue weighted by atomic mass is 35.5. The van der Waals surface area contributed by atoms with Crippen molar-refractivity contribution in [2.75, 3.05) is 13.1 Å². The minimum absolute atomic E-state index is 0.184. The Balaban J connectivity index is 2.62. The number of hydrogen-bond acceptors (Lipinski definition) is 3. The molecule has 18 heavy (non-hydrogen) atoms. The zero-order valence-electron chi connectivity index (χ0n) is 9.56. The molecule has 0 aliphatic carbocycles. The Bertz CT molecular complexity index is 673. The van der Waals surface area contributed by atoms with Gasteiger partial charge in [0.05, 0.1) is 18.0 Å². The molecule has 0 radical (unpaired) electrons. The van der Waals surface area contributed by atoms with Crippen LogP contribution in [0.4, 0.5) is 0 Å². The molecule has 0 bridgehead atoms. The second-order valence-corrected chi connectivity index (χ2v) is 5.86. The zero-order chi connectivity index (χ0) is 13.2. The summed E-state index contributed by atoms with van der Waals surface area (Å²) in [7, 11) is -3.55. The van der Waals surface area contributed by atoms with E-state index in [1.807, 2.05) is 0 Å². The molecule has 0 unspecified atom stereocenters. The minimum atomic E-state index is -3.55. The second-order valence-electron chi connectivity index (χ2n) is 3.72. The van der Waals surface area contributed by atoms with Crippen LogP contribution in [-0.4, -0.2) is 26.5 Å². The van der Waals surface area contributed by atoms with Gasteiger partial charge in [0.2, 0.25) is 10.0 Å². The van der Waals surface area contributed by atoms with Crippen molar-refractivity contribution in [3.05, 3.63) is 35.6 Å². The topological polar surface area (TPSA) is 86.7 Å². The molecule has 4 N–H and O–H groups in total. The van der Waals surface area contributed by atoms with Crippen molar-refractivity contribution in [2.24, 2.45) is 0 Å². The van der Waals surface area contributed by atoms with E-state index >= 15 is 0 Å². The van der Waals surface area contributed by atoms with Gasteiger partial charge in [-0.2, -0.15) is 0 Å². The smallest absolute Gasteiger partial charge is 0.241 e. The van der Waals surface area contributed by atoms with Gasteiger partial charge < -0.3 is 5.73 Å². The number of nitrogens with zero attached hydrogens (tertiary/aromatic N) is 1. The highest BCUT2D eigenvalue weighted by Gasteiger charge is 2.17. The van der Waals surface area contributed by atoms with E-state index in [1.54, 1.807) is 18.3 Å². The highest BCUT2D eigenvalue weighted by molar-refractivity contribution is 7.89. The predicted molar refractivity (Wildman–Crippen MR) is 69.7 cm³/mol. The van der Waals surface area contributed by atoms with Crippen LogP contribution in [-0.2, 0) is 10.0 Å². The van der Waals surface area contributed by atoms with Crippen LogP contribution in [0, 0.1) is 0 Å². The Morgan fingerprint density at radius 2 is 2.06 bits per heavy atom. The molecule has 96 valence electrons. The number of halogens is 1. The molecule has 5 nitrogen and oxygen atoms in total. The summed E-state index contributed by atoms with van der Waals surface area (Å²) in [6.07, 6.45) is 3.08. The van der Waals surface area contributed by atoms with Gasteiger partial charge in [-0.05, 0) is 18.2 Å². The van der Waals surface area contributed by atoms with E-state index in [4.69, 9.17) is 11.6 Å². The standard InChI is InChI=1S/C11H12ClN3O2S/c12-10-1-2-11(18(16,17)15-6-4-13)9-7-14-5-3-8(9)10/h1-3,5,7,15H,4,6,13H2/p+1. The number of benzene rings is 1. The maximum Gasteiger partial charge on any atom is 0.241 e. The van der Waals surface area contributed by atoms with Gasteiger partial charge in [0, 0.05) is 28.2 Å². The first-order chi connectivity index (χ1) is 8.56.